The van der Waals surface area contributed by atoms with Crippen LogP contribution in [0.4, 0.5) is 0 Å². The summed E-state index contributed by atoms with van der Waals surface area (Å²) in [6.45, 7) is 5.57. The predicted octanol–water partition coefficient (Wildman–Crippen LogP) is 3.18. The number of piperidine rings is 1. The molecular formula is C21H30N4OS. The third kappa shape index (κ3) is 4.74. The zero-order chi connectivity index (χ0) is 19.4. The third-order valence-corrected chi connectivity index (χ3v) is 6.96. The van der Waals surface area contributed by atoms with Crippen molar-refractivity contribution in [1.29, 1.82) is 0 Å². The fourth-order valence-electron chi connectivity index (χ4n) is 3.51. The molecule has 6 heteroatoms. The van der Waals surface area contributed by atoms with Crippen LogP contribution in [-0.4, -0.2) is 51.1 Å². The summed E-state index contributed by atoms with van der Waals surface area (Å²) in [7, 11) is 0. The molecule has 146 valence electrons. The third-order valence-electron chi connectivity index (χ3n) is 5.65. The van der Waals surface area contributed by atoms with Crippen LogP contribution in [0.2, 0.25) is 0 Å². The second-order valence-corrected chi connectivity index (χ2v) is 9.33. The first kappa shape index (κ1) is 20.0. The number of carbonyl (C=O) groups excluding carboxylic acids is 1. The molecule has 1 amide bonds. The Labute approximate surface area is 166 Å². The summed E-state index contributed by atoms with van der Waals surface area (Å²) in [5.74, 6) is 0.471. The van der Waals surface area contributed by atoms with Gasteiger partial charge in [0.2, 0.25) is 5.91 Å². The van der Waals surface area contributed by atoms with E-state index >= 15 is 0 Å². The molecule has 0 bridgehead atoms. The number of hydrogen-bond acceptors (Lipinski definition) is 4. The zero-order valence-electron chi connectivity index (χ0n) is 16.4. The van der Waals surface area contributed by atoms with Crippen molar-refractivity contribution in [1.82, 2.24) is 15.1 Å². The van der Waals surface area contributed by atoms with Crippen LogP contribution in [0.1, 0.15) is 49.6 Å². The predicted molar refractivity (Wildman–Crippen MR) is 112 cm³/mol. The standard InChI is InChI=1S/C21H30N4OS/c1-21(2,27-3)19(22)20(26)25-11-9-16(10-12-25)18-14-17(23-24-18)13-15-7-5-4-6-8-15/h4-8,14,16,19H,9-13,22H2,1-3H3,(H,23,24)/t19-/m1/s1. The normalized spacial score (nSPS) is 17.1. The van der Waals surface area contributed by atoms with Gasteiger partial charge in [0.25, 0.3) is 0 Å². The fraction of sp³-hybridized carbons (Fsp3) is 0.524. The number of aromatic amines is 1. The van der Waals surface area contributed by atoms with E-state index in [1.165, 1.54) is 5.56 Å². The van der Waals surface area contributed by atoms with E-state index in [-0.39, 0.29) is 10.7 Å². The van der Waals surface area contributed by atoms with Gasteiger partial charge in [0.15, 0.2) is 0 Å². The fourth-order valence-corrected chi connectivity index (χ4v) is 3.87. The first-order valence-electron chi connectivity index (χ1n) is 9.58. The summed E-state index contributed by atoms with van der Waals surface area (Å²) in [6, 6.07) is 12.1. The molecular weight excluding hydrogens is 356 g/mol. The summed E-state index contributed by atoms with van der Waals surface area (Å²) in [5.41, 5.74) is 9.76. The Morgan fingerprint density at radius 2 is 2.00 bits per heavy atom. The van der Waals surface area contributed by atoms with Crippen molar-refractivity contribution in [3.05, 3.63) is 53.3 Å². The molecule has 0 aliphatic carbocycles. The number of rotatable bonds is 6. The van der Waals surface area contributed by atoms with Gasteiger partial charge in [-0.3, -0.25) is 9.89 Å². The number of thioether (sulfide) groups is 1. The van der Waals surface area contributed by atoms with Gasteiger partial charge in [-0.25, -0.2) is 0 Å². The highest BCUT2D eigenvalue weighted by Gasteiger charge is 2.35. The zero-order valence-corrected chi connectivity index (χ0v) is 17.3. The van der Waals surface area contributed by atoms with Crippen molar-refractivity contribution < 1.29 is 4.79 Å². The minimum Gasteiger partial charge on any atom is -0.341 e. The van der Waals surface area contributed by atoms with Crippen LogP contribution in [0.3, 0.4) is 0 Å². The average Bonchev–Trinajstić information content (AvgIpc) is 3.16. The summed E-state index contributed by atoms with van der Waals surface area (Å²) in [5, 5.41) is 7.72. The van der Waals surface area contributed by atoms with Gasteiger partial charge in [-0.1, -0.05) is 30.3 Å². The number of likely N-dealkylation sites (tertiary alicyclic amines) is 1. The highest BCUT2D eigenvalue weighted by molar-refractivity contribution is 8.00. The molecule has 2 heterocycles. The number of hydrogen-bond donors (Lipinski definition) is 2. The Morgan fingerprint density at radius 3 is 2.63 bits per heavy atom. The molecule has 5 nitrogen and oxygen atoms in total. The van der Waals surface area contributed by atoms with E-state index in [2.05, 4.69) is 40.5 Å². The molecule has 1 aliphatic heterocycles. The molecule has 1 aliphatic rings. The van der Waals surface area contributed by atoms with E-state index in [0.717, 1.165) is 43.7 Å². The number of amides is 1. The highest BCUT2D eigenvalue weighted by atomic mass is 32.2. The summed E-state index contributed by atoms with van der Waals surface area (Å²) < 4.78 is -0.248. The molecule has 1 fully saturated rings. The van der Waals surface area contributed by atoms with Crippen molar-refractivity contribution >= 4 is 17.7 Å². The molecule has 27 heavy (non-hydrogen) atoms. The molecule has 3 rings (SSSR count). The monoisotopic (exact) mass is 386 g/mol. The van der Waals surface area contributed by atoms with Crippen LogP contribution in [0.25, 0.3) is 0 Å². The maximum atomic E-state index is 12.7. The maximum Gasteiger partial charge on any atom is 0.240 e. The van der Waals surface area contributed by atoms with Gasteiger partial charge in [0, 0.05) is 35.9 Å². The topological polar surface area (TPSA) is 75.0 Å². The number of benzene rings is 1. The van der Waals surface area contributed by atoms with E-state index in [1.807, 2.05) is 31.1 Å². The number of aromatic nitrogens is 2. The molecule has 0 spiro atoms. The van der Waals surface area contributed by atoms with Crippen LogP contribution in [0, 0.1) is 0 Å². The van der Waals surface area contributed by atoms with Gasteiger partial charge in [-0.15, -0.1) is 0 Å². The Morgan fingerprint density at radius 1 is 1.33 bits per heavy atom. The number of carbonyl (C=O) groups is 1. The van der Waals surface area contributed by atoms with Crippen molar-refractivity contribution in [3.8, 4) is 0 Å². The Balaban J connectivity index is 1.56. The van der Waals surface area contributed by atoms with E-state index in [1.54, 1.807) is 11.8 Å². The van der Waals surface area contributed by atoms with Gasteiger partial charge in [0.05, 0.1) is 11.7 Å². The maximum absolute atomic E-state index is 12.7. The van der Waals surface area contributed by atoms with E-state index in [4.69, 9.17) is 5.73 Å². The van der Waals surface area contributed by atoms with Crippen molar-refractivity contribution in [2.75, 3.05) is 19.3 Å². The van der Waals surface area contributed by atoms with E-state index in [9.17, 15) is 4.79 Å². The lowest BCUT2D eigenvalue weighted by Crippen LogP contribution is -2.54. The van der Waals surface area contributed by atoms with Crippen LogP contribution in [-0.2, 0) is 11.2 Å². The summed E-state index contributed by atoms with van der Waals surface area (Å²) >= 11 is 1.64. The highest BCUT2D eigenvalue weighted by Crippen LogP contribution is 2.30. The minimum atomic E-state index is -0.466. The number of nitrogens with zero attached hydrogens (tertiary/aromatic N) is 2. The lowest BCUT2D eigenvalue weighted by Gasteiger charge is -2.37. The second kappa shape index (κ2) is 8.48. The summed E-state index contributed by atoms with van der Waals surface area (Å²) in [4.78, 5) is 14.6. The van der Waals surface area contributed by atoms with Gasteiger partial charge in [-0.05, 0) is 44.6 Å². The molecule has 0 saturated carbocycles. The van der Waals surface area contributed by atoms with Crippen molar-refractivity contribution in [2.45, 2.75) is 49.8 Å². The van der Waals surface area contributed by atoms with E-state index < -0.39 is 6.04 Å². The first-order chi connectivity index (χ1) is 12.9. The van der Waals surface area contributed by atoms with E-state index in [0.29, 0.717) is 5.92 Å². The van der Waals surface area contributed by atoms with Crippen molar-refractivity contribution in [2.24, 2.45) is 5.73 Å². The largest absolute Gasteiger partial charge is 0.341 e. The summed E-state index contributed by atoms with van der Waals surface area (Å²) in [6.07, 6.45) is 4.75. The minimum absolute atomic E-state index is 0.0691. The molecule has 1 aromatic heterocycles. The molecule has 1 saturated heterocycles. The van der Waals surface area contributed by atoms with Crippen LogP contribution >= 0.6 is 11.8 Å². The molecule has 0 radical (unpaired) electrons. The Kier molecular flexibility index (Phi) is 6.27. The van der Waals surface area contributed by atoms with Gasteiger partial charge < -0.3 is 10.6 Å². The van der Waals surface area contributed by atoms with Crippen LogP contribution in [0.5, 0.6) is 0 Å². The molecule has 1 atom stereocenters. The van der Waals surface area contributed by atoms with Gasteiger partial charge in [0.1, 0.15) is 0 Å². The van der Waals surface area contributed by atoms with Gasteiger partial charge >= 0.3 is 0 Å². The lowest BCUT2D eigenvalue weighted by molar-refractivity contribution is -0.134. The van der Waals surface area contributed by atoms with Crippen molar-refractivity contribution in [3.63, 3.8) is 0 Å². The van der Waals surface area contributed by atoms with Crippen LogP contribution < -0.4 is 5.73 Å². The first-order valence-corrected chi connectivity index (χ1v) is 10.8. The molecule has 2 aromatic rings. The lowest BCUT2D eigenvalue weighted by atomic mass is 9.92. The SMILES string of the molecule is CSC(C)(C)[C@H](N)C(=O)N1CCC(c2cc(Cc3ccccc3)[nH]n2)CC1. The number of H-pyrrole nitrogens is 1. The number of nitrogens with one attached hydrogen (secondary N) is 1. The average molecular weight is 387 g/mol. The Hall–Kier alpha value is -1.79. The van der Waals surface area contributed by atoms with Gasteiger partial charge in [-0.2, -0.15) is 16.9 Å². The number of nitrogens with two attached hydrogens (primary N) is 1. The molecule has 1 aromatic carbocycles. The smallest absolute Gasteiger partial charge is 0.240 e. The quantitative estimate of drug-likeness (QED) is 0.800. The molecule has 0 unspecified atom stereocenters. The Bertz CT molecular complexity index is 751. The second-order valence-electron chi connectivity index (χ2n) is 7.87. The van der Waals surface area contributed by atoms with Crippen LogP contribution in [0.15, 0.2) is 36.4 Å². The molecule has 3 N–H and O–H groups in total.